The minimum absolute atomic E-state index is 0.264. The number of nitrogens with one attached hydrogen (secondary N) is 2. The van der Waals surface area contributed by atoms with Gasteiger partial charge in [0.1, 0.15) is 0 Å². The van der Waals surface area contributed by atoms with E-state index in [-0.39, 0.29) is 6.03 Å². The van der Waals surface area contributed by atoms with Gasteiger partial charge in [-0.05, 0) is 13.0 Å². The second-order valence-corrected chi connectivity index (χ2v) is 2.45. The molecule has 0 bridgehead atoms. The number of rotatable bonds is 2. The Bertz CT molecular complexity index is 300. The number of nitrogens with zero attached hydrogens (tertiary/aromatic N) is 1. The molecule has 1 heterocycles. The van der Waals surface area contributed by atoms with Crippen LogP contribution < -0.4 is 16.4 Å². The van der Waals surface area contributed by atoms with Crippen molar-refractivity contribution in [3.63, 3.8) is 0 Å². The average molecular weight is 180 g/mol. The van der Waals surface area contributed by atoms with E-state index in [0.29, 0.717) is 17.9 Å². The SMILES string of the molecule is CCNC(=O)Nc1ccncc1N. The molecule has 0 aliphatic carbocycles. The molecule has 1 rings (SSSR count). The third kappa shape index (κ3) is 2.62. The number of hydrogen-bond acceptors (Lipinski definition) is 3. The summed E-state index contributed by atoms with van der Waals surface area (Å²) in [5.41, 5.74) is 6.58. The van der Waals surface area contributed by atoms with E-state index >= 15 is 0 Å². The van der Waals surface area contributed by atoms with Gasteiger partial charge in [-0.2, -0.15) is 0 Å². The van der Waals surface area contributed by atoms with Gasteiger partial charge in [0, 0.05) is 12.7 Å². The number of hydrogen-bond donors (Lipinski definition) is 3. The molecule has 0 radical (unpaired) electrons. The number of pyridine rings is 1. The number of amides is 2. The second kappa shape index (κ2) is 4.30. The molecule has 4 N–H and O–H groups in total. The van der Waals surface area contributed by atoms with Crippen LogP contribution in [0.5, 0.6) is 0 Å². The number of urea groups is 1. The number of carbonyl (C=O) groups excluding carboxylic acids is 1. The van der Waals surface area contributed by atoms with Crippen molar-refractivity contribution in [2.24, 2.45) is 0 Å². The highest BCUT2D eigenvalue weighted by Crippen LogP contribution is 2.14. The lowest BCUT2D eigenvalue weighted by atomic mass is 10.3. The van der Waals surface area contributed by atoms with Gasteiger partial charge in [0.2, 0.25) is 0 Å². The largest absolute Gasteiger partial charge is 0.396 e. The normalized spacial score (nSPS) is 9.31. The van der Waals surface area contributed by atoms with E-state index in [9.17, 15) is 4.79 Å². The lowest BCUT2D eigenvalue weighted by Crippen LogP contribution is -2.28. The molecule has 5 heteroatoms. The first-order valence-corrected chi connectivity index (χ1v) is 3.98. The fourth-order valence-corrected chi connectivity index (χ4v) is 0.848. The van der Waals surface area contributed by atoms with Gasteiger partial charge in [0.25, 0.3) is 0 Å². The smallest absolute Gasteiger partial charge is 0.319 e. The summed E-state index contributed by atoms with van der Waals surface area (Å²) in [6.45, 7) is 2.42. The number of nitrogen functional groups attached to an aromatic ring is 1. The maximum Gasteiger partial charge on any atom is 0.319 e. The molecule has 13 heavy (non-hydrogen) atoms. The zero-order valence-corrected chi connectivity index (χ0v) is 7.37. The van der Waals surface area contributed by atoms with Crippen molar-refractivity contribution in [2.45, 2.75) is 6.92 Å². The third-order valence-corrected chi connectivity index (χ3v) is 1.44. The molecule has 0 saturated carbocycles. The van der Waals surface area contributed by atoms with Crippen LogP contribution >= 0.6 is 0 Å². The van der Waals surface area contributed by atoms with Gasteiger partial charge in [-0.25, -0.2) is 4.79 Å². The highest BCUT2D eigenvalue weighted by Gasteiger charge is 2.01. The molecule has 0 aliphatic rings. The van der Waals surface area contributed by atoms with Crippen molar-refractivity contribution in [2.75, 3.05) is 17.6 Å². The zero-order chi connectivity index (χ0) is 9.68. The van der Waals surface area contributed by atoms with E-state index in [1.165, 1.54) is 6.20 Å². The first-order valence-electron chi connectivity index (χ1n) is 3.98. The van der Waals surface area contributed by atoms with Crippen LogP contribution in [0.2, 0.25) is 0 Å². The van der Waals surface area contributed by atoms with Crippen LogP contribution in [0.3, 0.4) is 0 Å². The Labute approximate surface area is 76.3 Å². The van der Waals surface area contributed by atoms with Gasteiger partial charge in [0.05, 0.1) is 17.6 Å². The number of nitrogens with two attached hydrogens (primary N) is 1. The van der Waals surface area contributed by atoms with Gasteiger partial charge < -0.3 is 16.4 Å². The first kappa shape index (κ1) is 9.31. The van der Waals surface area contributed by atoms with Crippen LogP contribution in [-0.2, 0) is 0 Å². The monoisotopic (exact) mass is 180 g/mol. The summed E-state index contributed by atoms with van der Waals surface area (Å²) >= 11 is 0. The summed E-state index contributed by atoms with van der Waals surface area (Å²) in [6, 6.07) is 1.38. The van der Waals surface area contributed by atoms with Crippen molar-refractivity contribution in [3.05, 3.63) is 18.5 Å². The van der Waals surface area contributed by atoms with Gasteiger partial charge >= 0.3 is 6.03 Å². The first-order chi connectivity index (χ1) is 6.24. The maximum absolute atomic E-state index is 11.1. The molecular weight excluding hydrogens is 168 g/mol. The Kier molecular flexibility index (Phi) is 3.08. The minimum Gasteiger partial charge on any atom is -0.396 e. The summed E-state index contributed by atoms with van der Waals surface area (Å²) in [5.74, 6) is 0. The zero-order valence-electron chi connectivity index (χ0n) is 7.37. The van der Waals surface area contributed by atoms with Crippen molar-refractivity contribution in [3.8, 4) is 0 Å². The average Bonchev–Trinajstić information content (AvgIpc) is 2.09. The molecule has 2 amide bonds. The molecule has 1 aromatic heterocycles. The van der Waals surface area contributed by atoms with Crippen LogP contribution in [0.15, 0.2) is 18.5 Å². The van der Waals surface area contributed by atoms with Crippen LogP contribution in [0.1, 0.15) is 6.92 Å². The molecule has 0 aromatic carbocycles. The van der Waals surface area contributed by atoms with Gasteiger partial charge in [-0.3, -0.25) is 4.98 Å². The highest BCUT2D eigenvalue weighted by atomic mass is 16.2. The molecule has 0 fully saturated rings. The fourth-order valence-electron chi connectivity index (χ4n) is 0.848. The lowest BCUT2D eigenvalue weighted by Gasteiger charge is -2.06. The lowest BCUT2D eigenvalue weighted by molar-refractivity contribution is 0.252. The Morgan fingerprint density at radius 3 is 3.08 bits per heavy atom. The Morgan fingerprint density at radius 1 is 1.69 bits per heavy atom. The topological polar surface area (TPSA) is 80.0 Å². The van der Waals surface area contributed by atoms with E-state index < -0.39 is 0 Å². The fraction of sp³-hybridized carbons (Fsp3) is 0.250. The summed E-state index contributed by atoms with van der Waals surface area (Å²) in [7, 11) is 0. The molecular formula is C8H12N4O. The Morgan fingerprint density at radius 2 is 2.46 bits per heavy atom. The minimum atomic E-state index is -0.264. The quantitative estimate of drug-likeness (QED) is 0.630. The summed E-state index contributed by atoms with van der Waals surface area (Å²) in [5, 5.41) is 5.19. The molecule has 1 aromatic rings. The van der Waals surface area contributed by atoms with Crippen LogP contribution in [0.4, 0.5) is 16.2 Å². The van der Waals surface area contributed by atoms with Crippen LogP contribution in [0.25, 0.3) is 0 Å². The maximum atomic E-state index is 11.1. The summed E-state index contributed by atoms with van der Waals surface area (Å²) in [6.07, 6.45) is 3.06. The standard InChI is InChI=1S/C8H12N4O/c1-2-11-8(13)12-7-3-4-10-5-6(7)9/h3-5H,2,9H2,1H3,(H2,10,11,12,13). The van der Waals surface area contributed by atoms with Crippen molar-refractivity contribution in [1.82, 2.24) is 10.3 Å². The summed E-state index contributed by atoms with van der Waals surface area (Å²) in [4.78, 5) is 14.9. The molecule has 5 nitrogen and oxygen atoms in total. The number of aromatic nitrogens is 1. The summed E-state index contributed by atoms with van der Waals surface area (Å²) < 4.78 is 0. The highest BCUT2D eigenvalue weighted by molar-refractivity contribution is 5.92. The van der Waals surface area contributed by atoms with E-state index in [2.05, 4.69) is 15.6 Å². The second-order valence-electron chi connectivity index (χ2n) is 2.45. The molecule has 0 saturated heterocycles. The van der Waals surface area contributed by atoms with Crippen molar-refractivity contribution in [1.29, 1.82) is 0 Å². The van der Waals surface area contributed by atoms with E-state index in [4.69, 9.17) is 5.73 Å². The third-order valence-electron chi connectivity index (χ3n) is 1.44. The van der Waals surface area contributed by atoms with Crippen LogP contribution in [-0.4, -0.2) is 17.6 Å². The number of carbonyl (C=O) groups is 1. The molecule has 70 valence electrons. The van der Waals surface area contributed by atoms with Crippen LogP contribution in [0, 0.1) is 0 Å². The Balaban J connectivity index is 2.63. The predicted molar refractivity (Wildman–Crippen MR) is 51.3 cm³/mol. The van der Waals surface area contributed by atoms with Crippen molar-refractivity contribution < 1.29 is 4.79 Å². The van der Waals surface area contributed by atoms with Gasteiger partial charge in [-0.15, -0.1) is 0 Å². The van der Waals surface area contributed by atoms with Gasteiger partial charge in [0.15, 0.2) is 0 Å². The van der Waals surface area contributed by atoms with E-state index in [0.717, 1.165) is 0 Å². The Hall–Kier alpha value is -1.78. The molecule has 0 unspecified atom stereocenters. The predicted octanol–water partition coefficient (Wildman–Crippen LogP) is 0.805. The molecule has 0 spiro atoms. The van der Waals surface area contributed by atoms with Gasteiger partial charge in [-0.1, -0.05) is 0 Å². The van der Waals surface area contributed by atoms with E-state index in [1.54, 1.807) is 12.3 Å². The molecule has 0 aliphatic heterocycles. The van der Waals surface area contributed by atoms with Crippen molar-refractivity contribution >= 4 is 17.4 Å². The van der Waals surface area contributed by atoms with E-state index in [1.807, 2.05) is 6.92 Å². The molecule has 0 atom stereocenters. The number of anilines is 2.